The molecule has 25 heavy (non-hydrogen) atoms. The minimum absolute atomic E-state index is 0.0875. The zero-order chi connectivity index (χ0) is 17.2. The van der Waals surface area contributed by atoms with Crippen molar-refractivity contribution in [2.75, 3.05) is 30.4 Å². The Bertz CT molecular complexity index is 830. The molecule has 128 valence electrons. The number of carbonyl (C=O) groups is 1. The van der Waals surface area contributed by atoms with Crippen LogP contribution in [0.25, 0.3) is 0 Å². The van der Waals surface area contributed by atoms with Crippen molar-refractivity contribution in [2.45, 2.75) is 18.8 Å². The molecule has 0 radical (unpaired) electrons. The second-order valence-electron chi connectivity index (χ2n) is 6.42. The summed E-state index contributed by atoms with van der Waals surface area (Å²) in [6, 6.07) is 16.4. The lowest BCUT2D eigenvalue weighted by Gasteiger charge is -2.22. The molecule has 2 heterocycles. The van der Waals surface area contributed by atoms with Crippen molar-refractivity contribution in [3.8, 4) is 0 Å². The Morgan fingerprint density at radius 1 is 1.24 bits per heavy atom. The van der Waals surface area contributed by atoms with Gasteiger partial charge in [0.25, 0.3) is 0 Å². The molecule has 0 saturated carbocycles. The molecule has 2 aliphatic heterocycles. The molecule has 1 atom stereocenters. The summed E-state index contributed by atoms with van der Waals surface area (Å²) < 4.78 is 0. The predicted octanol–water partition coefficient (Wildman–Crippen LogP) is 2.75. The van der Waals surface area contributed by atoms with Gasteiger partial charge in [0.1, 0.15) is 0 Å². The van der Waals surface area contributed by atoms with Gasteiger partial charge in [-0.1, -0.05) is 36.4 Å². The van der Waals surface area contributed by atoms with Gasteiger partial charge < -0.3 is 15.5 Å². The van der Waals surface area contributed by atoms with Crippen LogP contribution in [0.15, 0.2) is 53.5 Å². The first-order chi connectivity index (χ1) is 12.3. The van der Waals surface area contributed by atoms with Crippen LogP contribution in [0, 0.1) is 0 Å². The quantitative estimate of drug-likeness (QED) is 0.670. The third-order valence-electron chi connectivity index (χ3n) is 4.98. The number of rotatable bonds is 3. The van der Waals surface area contributed by atoms with E-state index in [2.05, 4.69) is 44.8 Å². The van der Waals surface area contributed by atoms with Crippen LogP contribution in [0.1, 0.15) is 23.5 Å². The number of aliphatic imine (C=N–C) groups is 1. The SMILES string of the molecule is CN=C(NCCC1C(=O)Nc2ccccc21)N1CCc2ccccc21. The van der Waals surface area contributed by atoms with Gasteiger partial charge in [-0.2, -0.15) is 0 Å². The minimum Gasteiger partial charge on any atom is -0.356 e. The lowest BCUT2D eigenvalue weighted by Crippen LogP contribution is -2.41. The van der Waals surface area contributed by atoms with E-state index in [9.17, 15) is 4.79 Å². The Morgan fingerprint density at radius 2 is 2.04 bits per heavy atom. The van der Waals surface area contributed by atoms with Gasteiger partial charge in [0.2, 0.25) is 5.91 Å². The molecule has 0 spiro atoms. The van der Waals surface area contributed by atoms with Crippen LogP contribution in [-0.4, -0.2) is 32.0 Å². The highest BCUT2D eigenvalue weighted by atomic mass is 16.2. The number of fused-ring (bicyclic) bond motifs is 2. The fraction of sp³-hybridized carbons (Fsp3) is 0.300. The first-order valence-electron chi connectivity index (χ1n) is 8.74. The summed E-state index contributed by atoms with van der Waals surface area (Å²) in [5.41, 5.74) is 4.61. The molecular weight excluding hydrogens is 312 g/mol. The molecule has 2 aromatic rings. The van der Waals surface area contributed by atoms with E-state index in [4.69, 9.17) is 0 Å². The van der Waals surface area contributed by atoms with E-state index < -0.39 is 0 Å². The summed E-state index contributed by atoms with van der Waals surface area (Å²) in [7, 11) is 1.81. The lowest BCUT2D eigenvalue weighted by molar-refractivity contribution is -0.117. The van der Waals surface area contributed by atoms with E-state index in [1.54, 1.807) is 7.05 Å². The van der Waals surface area contributed by atoms with Gasteiger partial charge in [-0.25, -0.2) is 0 Å². The van der Waals surface area contributed by atoms with E-state index >= 15 is 0 Å². The summed E-state index contributed by atoms with van der Waals surface area (Å²) in [6.07, 6.45) is 1.78. The van der Waals surface area contributed by atoms with E-state index in [1.165, 1.54) is 11.3 Å². The summed E-state index contributed by atoms with van der Waals surface area (Å²) in [5, 5.41) is 6.39. The molecule has 4 rings (SSSR count). The molecule has 0 bridgehead atoms. The standard InChI is InChI=1S/C20H22N4O/c1-21-20(24-13-11-14-6-2-5-9-18(14)24)22-12-10-16-15-7-3-4-8-17(15)23-19(16)25/h2-9,16H,10-13H2,1H3,(H,21,22)(H,23,25). The fourth-order valence-electron chi connectivity index (χ4n) is 3.74. The average molecular weight is 334 g/mol. The number of carbonyl (C=O) groups excluding carboxylic acids is 1. The first-order valence-corrected chi connectivity index (χ1v) is 8.74. The smallest absolute Gasteiger partial charge is 0.232 e. The van der Waals surface area contributed by atoms with Crippen LogP contribution < -0.4 is 15.5 Å². The van der Waals surface area contributed by atoms with Gasteiger partial charge in [0.15, 0.2) is 5.96 Å². The average Bonchev–Trinajstić information content (AvgIpc) is 3.20. The molecule has 0 aliphatic carbocycles. The molecule has 0 saturated heterocycles. The highest BCUT2D eigenvalue weighted by Crippen LogP contribution is 2.34. The largest absolute Gasteiger partial charge is 0.356 e. The van der Waals surface area contributed by atoms with Gasteiger partial charge >= 0.3 is 0 Å². The molecule has 2 aliphatic rings. The van der Waals surface area contributed by atoms with Gasteiger partial charge in [0, 0.05) is 31.5 Å². The third-order valence-corrected chi connectivity index (χ3v) is 4.98. The number of nitrogens with zero attached hydrogens (tertiary/aromatic N) is 2. The van der Waals surface area contributed by atoms with Crippen LogP contribution in [0.2, 0.25) is 0 Å². The van der Waals surface area contributed by atoms with Gasteiger partial charge in [-0.3, -0.25) is 9.79 Å². The molecule has 0 fully saturated rings. The second kappa shape index (κ2) is 6.59. The Balaban J connectivity index is 1.41. The Kier molecular flexibility index (Phi) is 4.14. The topological polar surface area (TPSA) is 56.7 Å². The molecule has 5 nitrogen and oxygen atoms in total. The molecule has 1 amide bonds. The molecule has 5 heteroatoms. The lowest BCUT2D eigenvalue weighted by atomic mass is 9.97. The molecule has 1 unspecified atom stereocenters. The van der Waals surface area contributed by atoms with Crippen molar-refractivity contribution < 1.29 is 4.79 Å². The van der Waals surface area contributed by atoms with Crippen molar-refractivity contribution in [1.82, 2.24) is 5.32 Å². The van der Waals surface area contributed by atoms with Crippen molar-refractivity contribution in [1.29, 1.82) is 0 Å². The molecule has 0 aromatic heterocycles. The first kappa shape index (κ1) is 15.7. The maximum absolute atomic E-state index is 12.2. The molecule has 2 N–H and O–H groups in total. The summed E-state index contributed by atoms with van der Waals surface area (Å²) >= 11 is 0. The number of amides is 1. The van der Waals surface area contributed by atoms with Crippen LogP contribution >= 0.6 is 0 Å². The Labute approximate surface area is 147 Å². The van der Waals surface area contributed by atoms with Crippen molar-refractivity contribution in [2.24, 2.45) is 4.99 Å². The summed E-state index contributed by atoms with van der Waals surface area (Å²) in [6.45, 7) is 1.64. The fourth-order valence-corrected chi connectivity index (χ4v) is 3.74. The predicted molar refractivity (Wildman–Crippen MR) is 101 cm³/mol. The zero-order valence-corrected chi connectivity index (χ0v) is 14.3. The van der Waals surface area contributed by atoms with E-state index in [0.29, 0.717) is 6.54 Å². The van der Waals surface area contributed by atoms with Crippen molar-refractivity contribution >= 4 is 23.2 Å². The van der Waals surface area contributed by atoms with Crippen LogP contribution in [0.4, 0.5) is 11.4 Å². The number of nitrogens with one attached hydrogen (secondary N) is 2. The maximum Gasteiger partial charge on any atom is 0.232 e. The van der Waals surface area contributed by atoms with E-state index in [0.717, 1.165) is 36.6 Å². The van der Waals surface area contributed by atoms with Gasteiger partial charge in [0.05, 0.1) is 5.92 Å². The third kappa shape index (κ3) is 2.86. The summed E-state index contributed by atoms with van der Waals surface area (Å²) in [5.74, 6) is 0.869. The summed E-state index contributed by atoms with van der Waals surface area (Å²) in [4.78, 5) is 18.9. The monoisotopic (exact) mass is 334 g/mol. The van der Waals surface area contributed by atoms with Crippen LogP contribution in [0.5, 0.6) is 0 Å². The molecule has 2 aromatic carbocycles. The number of hydrogen-bond acceptors (Lipinski definition) is 2. The number of hydrogen-bond donors (Lipinski definition) is 2. The molecular formula is C20H22N4O. The van der Waals surface area contributed by atoms with E-state index in [1.807, 2.05) is 24.3 Å². The highest BCUT2D eigenvalue weighted by molar-refractivity contribution is 6.03. The van der Waals surface area contributed by atoms with Crippen molar-refractivity contribution in [3.63, 3.8) is 0 Å². The highest BCUT2D eigenvalue weighted by Gasteiger charge is 2.30. The Hall–Kier alpha value is -2.82. The second-order valence-corrected chi connectivity index (χ2v) is 6.42. The zero-order valence-electron chi connectivity index (χ0n) is 14.3. The number of benzene rings is 2. The number of guanidine groups is 1. The normalized spacial score (nSPS) is 18.8. The van der Waals surface area contributed by atoms with Gasteiger partial charge in [-0.15, -0.1) is 0 Å². The van der Waals surface area contributed by atoms with Crippen molar-refractivity contribution in [3.05, 3.63) is 59.7 Å². The number of para-hydroxylation sites is 2. The Morgan fingerprint density at radius 3 is 2.92 bits per heavy atom. The van der Waals surface area contributed by atoms with Crippen LogP contribution in [-0.2, 0) is 11.2 Å². The maximum atomic E-state index is 12.2. The van der Waals surface area contributed by atoms with E-state index in [-0.39, 0.29) is 11.8 Å². The van der Waals surface area contributed by atoms with Crippen LogP contribution in [0.3, 0.4) is 0 Å². The van der Waals surface area contributed by atoms with Gasteiger partial charge in [-0.05, 0) is 36.1 Å². The number of anilines is 2. The minimum atomic E-state index is -0.0901.